The van der Waals surface area contributed by atoms with Crippen molar-refractivity contribution >= 4 is 17.4 Å². The Bertz CT molecular complexity index is 425. The molecule has 0 bridgehead atoms. The van der Waals surface area contributed by atoms with E-state index in [1.165, 1.54) is 12.8 Å². The molecule has 1 aliphatic rings. The van der Waals surface area contributed by atoms with E-state index in [-0.39, 0.29) is 11.7 Å². The standard InChI is InChI=1S/C15H19ClO/c1-10-5-3-7-12(9-10)15(17)13-8-4-6-11(2)14(13)16/h4,6,8,10,12H,3,5,7,9H2,1-2H3. The molecule has 2 atom stereocenters. The van der Waals surface area contributed by atoms with Crippen LogP contribution >= 0.6 is 11.6 Å². The topological polar surface area (TPSA) is 17.1 Å². The van der Waals surface area contributed by atoms with E-state index in [2.05, 4.69) is 6.92 Å². The molecule has 1 aromatic carbocycles. The minimum Gasteiger partial charge on any atom is -0.294 e. The molecule has 0 N–H and O–H groups in total. The van der Waals surface area contributed by atoms with E-state index in [1.54, 1.807) is 0 Å². The number of hydrogen-bond acceptors (Lipinski definition) is 1. The normalized spacial score (nSPS) is 24.6. The van der Waals surface area contributed by atoms with E-state index in [0.29, 0.717) is 16.5 Å². The molecule has 1 nitrogen and oxygen atoms in total. The Kier molecular flexibility index (Phi) is 3.88. The second-order valence-electron chi connectivity index (χ2n) is 5.27. The summed E-state index contributed by atoms with van der Waals surface area (Å²) in [5.41, 5.74) is 1.70. The molecule has 17 heavy (non-hydrogen) atoms. The molecule has 2 heteroatoms. The zero-order valence-electron chi connectivity index (χ0n) is 10.5. The van der Waals surface area contributed by atoms with Gasteiger partial charge < -0.3 is 0 Å². The van der Waals surface area contributed by atoms with Crippen molar-refractivity contribution in [1.82, 2.24) is 0 Å². The molecule has 0 aliphatic heterocycles. The van der Waals surface area contributed by atoms with Gasteiger partial charge in [0.25, 0.3) is 0 Å². The average Bonchev–Trinajstić information content (AvgIpc) is 2.32. The zero-order valence-corrected chi connectivity index (χ0v) is 11.3. The van der Waals surface area contributed by atoms with E-state index < -0.39 is 0 Å². The summed E-state index contributed by atoms with van der Waals surface area (Å²) in [5.74, 6) is 1.09. The van der Waals surface area contributed by atoms with Crippen LogP contribution in [0.2, 0.25) is 5.02 Å². The SMILES string of the molecule is Cc1cccc(C(=O)C2CCCC(C)C2)c1Cl. The van der Waals surface area contributed by atoms with E-state index in [0.717, 1.165) is 18.4 Å². The van der Waals surface area contributed by atoms with Crippen LogP contribution in [0.15, 0.2) is 18.2 Å². The zero-order chi connectivity index (χ0) is 12.4. The van der Waals surface area contributed by atoms with Gasteiger partial charge in [0, 0.05) is 11.5 Å². The predicted octanol–water partition coefficient (Wildman–Crippen LogP) is 4.66. The van der Waals surface area contributed by atoms with E-state index >= 15 is 0 Å². The van der Waals surface area contributed by atoms with Gasteiger partial charge in [-0.2, -0.15) is 0 Å². The van der Waals surface area contributed by atoms with Gasteiger partial charge in [-0.05, 0) is 37.3 Å². The van der Waals surface area contributed by atoms with Crippen LogP contribution in [0.3, 0.4) is 0 Å². The van der Waals surface area contributed by atoms with Crippen molar-refractivity contribution in [3.05, 3.63) is 34.3 Å². The molecule has 1 aromatic rings. The smallest absolute Gasteiger partial charge is 0.167 e. The second kappa shape index (κ2) is 5.22. The van der Waals surface area contributed by atoms with Gasteiger partial charge in [0.05, 0.1) is 5.02 Å². The molecule has 0 aromatic heterocycles. The molecule has 0 radical (unpaired) electrons. The first-order valence-corrected chi connectivity index (χ1v) is 6.76. The Morgan fingerprint density at radius 3 is 2.82 bits per heavy atom. The number of carbonyl (C=O) groups is 1. The summed E-state index contributed by atoms with van der Waals surface area (Å²) in [5, 5.41) is 0.635. The van der Waals surface area contributed by atoms with Crippen LogP contribution in [0.5, 0.6) is 0 Å². The largest absolute Gasteiger partial charge is 0.294 e. The van der Waals surface area contributed by atoms with E-state index in [1.807, 2.05) is 25.1 Å². The summed E-state index contributed by atoms with van der Waals surface area (Å²) in [6.07, 6.45) is 4.46. The molecule has 0 saturated heterocycles. The Morgan fingerprint density at radius 1 is 1.35 bits per heavy atom. The summed E-state index contributed by atoms with van der Waals surface area (Å²) in [6, 6.07) is 5.72. The summed E-state index contributed by atoms with van der Waals surface area (Å²) in [7, 11) is 0. The van der Waals surface area contributed by atoms with Gasteiger partial charge in [-0.1, -0.05) is 43.5 Å². The number of Topliss-reactive ketones (excluding diaryl/α,β-unsaturated/α-hetero) is 1. The molecule has 1 fully saturated rings. The number of benzene rings is 1. The fourth-order valence-corrected chi connectivity index (χ4v) is 2.95. The van der Waals surface area contributed by atoms with Crippen molar-refractivity contribution in [3.63, 3.8) is 0 Å². The van der Waals surface area contributed by atoms with E-state index in [4.69, 9.17) is 11.6 Å². The molecule has 0 amide bonds. The third-order valence-corrected chi connectivity index (χ3v) is 4.27. The molecule has 2 rings (SSSR count). The van der Waals surface area contributed by atoms with Crippen LogP contribution in [0.4, 0.5) is 0 Å². The first-order chi connectivity index (χ1) is 8.09. The number of hydrogen-bond donors (Lipinski definition) is 0. The molecule has 0 heterocycles. The molecule has 0 spiro atoms. The summed E-state index contributed by atoms with van der Waals surface area (Å²) in [4.78, 5) is 12.4. The van der Waals surface area contributed by atoms with Crippen LogP contribution in [0.1, 0.15) is 48.5 Å². The summed E-state index contributed by atoms with van der Waals surface area (Å²) < 4.78 is 0. The maximum absolute atomic E-state index is 12.4. The fourth-order valence-electron chi connectivity index (χ4n) is 2.73. The van der Waals surface area contributed by atoms with Gasteiger partial charge in [-0.15, -0.1) is 0 Å². The lowest BCUT2D eigenvalue weighted by molar-refractivity contribution is 0.0868. The predicted molar refractivity (Wildman–Crippen MR) is 71.6 cm³/mol. The van der Waals surface area contributed by atoms with Crippen LogP contribution in [-0.4, -0.2) is 5.78 Å². The highest BCUT2D eigenvalue weighted by atomic mass is 35.5. The monoisotopic (exact) mass is 250 g/mol. The van der Waals surface area contributed by atoms with Gasteiger partial charge in [0.2, 0.25) is 0 Å². The van der Waals surface area contributed by atoms with Crippen molar-refractivity contribution < 1.29 is 4.79 Å². The second-order valence-corrected chi connectivity index (χ2v) is 5.65. The van der Waals surface area contributed by atoms with Crippen molar-refractivity contribution in [2.75, 3.05) is 0 Å². The van der Waals surface area contributed by atoms with Crippen LogP contribution in [0.25, 0.3) is 0 Å². The fraction of sp³-hybridized carbons (Fsp3) is 0.533. The maximum Gasteiger partial charge on any atom is 0.167 e. The van der Waals surface area contributed by atoms with Gasteiger partial charge in [-0.3, -0.25) is 4.79 Å². The van der Waals surface area contributed by atoms with Crippen molar-refractivity contribution in [1.29, 1.82) is 0 Å². The van der Waals surface area contributed by atoms with Crippen molar-refractivity contribution in [2.24, 2.45) is 11.8 Å². The molecular weight excluding hydrogens is 232 g/mol. The number of carbonyl (C=O) groups excluding carboxylic acids is 1. The lowest BCUT2D eigenvalue weighted by Crippen LogP contribution is -2.22. The minimum absolute atomic E-state index is 0.179. The van der Waals surface area contributed by atoms with Crippen LogP contribution in [0, 0.1) is 18.8 Å². The van der Waals surface area contributed by atoms with Gasteiger partial charge in [-0.25, -0.2) is 0 Å². The first kappa shape index (κ1) is 12.6. The number of aryl methyl sites for hydroxylation is 1. The van der Waals surface area contributed by atoms with Crippen LogP contribution in [-0.2, 0) is 0 Å². The lowest BCUT2D eigenvalue weighted by Gasteiger charge is -2.26. The highest BCUT2D eigenvalue weighted by Gasteiger charge is 2.27. The van der Waals surface area contributed by atoms with Crippen molar-refractivity contribution in [2.45, 2.75) is 39.5 Å². The quantitative estimate of drug-likeness (QED) is 0.698. The molecular formula is C15H19ClO. The van der Waals surface area contributed by atoms with E-state index in [9.17, 15) is 4.79 Å². The Hall–Kier alpha value is -0.820. The lowest BCUT2D eigenvalue weighted by atomic mass is 9.78. The molecule has 1 aliphatic carbocycles. The van der Waals surface area contributed by atoms with Crippen molar-refractivity contribution in [3.8, 4) is 0 Å². The third kappa shape index (κ3) is 2.71. The Morgan fingerprint density at radius 2 is 2.12 bits per heavy atom. The molecule has 92 valence electrons. The average molecular weight is 251 g/mol. The van der Waals surface area contributed by atoms with Gasteiger partial charge in [0.15, 0.2) is 5.78 Å². The van der Waals surface area contributed by atoms with Crippen LogP contribution < -0.4 is 0 Å². The Labute approximate surface area is 108 Å². The third-order valence-electron chi connectivity index (χ3n) is 3.76. The molecule has 1 saturated carbocycles. The minimum atomic E-state index is 0.179. The van der Waals surface area contributed by atoms with Gasteiger partial charge >= 0.3 is 0 Å². The van der Waals surface area contributed by atoms with Gasteiger partial charge in [0.1, 0.15) is 0 Å². The molecule has 2 unspecified atom stereocenters. The number of halogens is 1. The summed E-state index contributed by atoms with van der Waals surface area (Å²) in [6.45, 7) is 4.18. The first-order valence-electron chi connectivity index (χ1n) is 6.39. The highest BCUT2D eigenvalue weighted by Crippen LogP contribution is 2.33. The summed E-state index contributed by atoms with van der Waals surface area (Å²) >= 11 is 6.22. The number of rotatable bonds is 2. The maximum atomic E-state index is 12.4. The number of ketones is 1. The Balaban J connectivity index is 2.22. The highest BCUT2D eigenvalue weighted by molar-refractivity contribution is 6.34.